The summed E-state index contributed by atoms with van der Waals surface area (Å²) in [6.07, 6.45) is 2.56. The number of aliphatic carboxylic acids is 1. The van der Waals surface area contributed by atoms with Crippen LogP contribution >= 0.6 is 0 Å². The second-order valence-electron chi connectivity index (χ2n) is 1.81. The molecular formula is C6H11AgO3. The molecule has 1 aliphatic rings. The SMILES string of the molecule is C1CCOC1.CC(=O)[O-].[Ag+]. The zero-order valence-electron chi connectivity index (χ0n) is 5.85. The molecule has 0 bridgehead atoms. The van der Waals surface area contributed by atoms with E-state index in [0.29, 0.717) is 0 Å². The van der Waals surface area contributed by atoms with Crippen LogP contribution in [0.5, 0.6) is 0 Å². The van der Waals surface area contributed by atoms with Gasteiger partial charge >= 0.3 is 22.4 Å². The second-order valence-corrected chi connectivity index (χ2v) is 1.81. The minimum absolute atomic E-state index is 0. The number of hydrogen-bond donors (Lipinski definition) is 0. The average Bonchev–Trinajstić information content (AvgIpc) is 2.11. The average molecular weight is 239 g/mol. The van der Waals surface area contributed by atoms with Gasteiger partial charge in [-0.25, -0.2) is 0 Å². The molecule has 1 fully saturated rings. The Morgan fingerprint density at radius 1 is 1.40 bits per heavy atom. The van der Waals surface area contributed by atoms with Gasteiger partial charge in [-0.2, -0.15) is 0 Å². The molecule has 3 nitrogen and oxygen atoms in total. The predicted molar refractivity (Wildman–Crippen MR) is 30.7 cm³/mol. The summed E-state index contributed by atoms with van der Waals surface area (Å²) in [5.41, 5.74) is 0. The van der Waals surface area contributed by atoms with Crippen molar-refractivity contribution in [2.24, 2.45) is 0 Å². The normalized spacial score (nSPS) is 14.5. The van der Waals surface area contributed by atoms with E-state index in [1.165, 1.54) is 12.8 Å². The Kier molecular flexibility index (Phi) is 11.7. The Bertz CT molecular complexity index is 69.5. The molecule has 10 heavy (non-hydrogen) atoms. The van der Waals surface area contributed by atoms with Gasteiger partial charge in [-0.05, 0) is 19.8 Å². The number of rotatable bonds is 0. The second kappa shape index (κ2) is 9.17. The number of hydrogen-bond acceptors (Lipinski definition) is 3. The van der Waals surface area contributed by atoms with Gasteiger partial charge in [-0.3, -0.25) is 0 Å². The fourth-order valence-corrected chi connectivity index (χ4v) is 0.510. The van der Waals surface area contributed by atoms with Crippen LogP contribution in [0.4, 0.5) is 0 Å². The van der Waals surface area contributed by atoms with Gasteiger partial charge in [0, 0.05) is 19.2 Å². The van der Waals surface area contributed by atoms with E-state index >= 15 is 0 Å². The molecule has 0 aromatic carbocycles. The van der Waals surface area contributed by atoms with Gasteiger partial charge in [-0.15, -0.1) is 0 Å². The molecule has 0 atom stereocenters. The monoisotopic (exact) mass is 238 g/mol. The third kappa shape index (κ3) is 15.7. The molecule has 0 saturated carbocycles. The number of carbonyl (C=O) groups excluding carboxylic acids is 1. The summed E-state index contributed by atoms with van der Waals surface area (Å²) < 4.78 is 4.94. The van der Waals surface area contributed by atoms with Crippen LogP contribution in [0.2, 0.25) is 0 Å². The van der Waals surface area contributed by atoms with Crippen molar-refractivity contribution in [3.8, 4) is 0 Å². The number of ether oxygens (including phenoxy) is 1. The maximum absolute atomic E-state index is 8.89. The molecule has 1 aliphatic heterocycles. The molecule has 0 unspecified atom stereocenters. The van der Waals surface area contributed by atoms with Crippen LogP contribution < -0.4 is 5.11 Å². The van der Waals surface area contributed by atoms with Gasteiger partial charge in [0.15, 0.2) is 0 Å². The van der Waals surface area contributed by atoms with Gasteiger partial charge in [0.2, 0.25) is 0 Å². The Hall–Kier alpha value is 0.170. The van der Waals surface area contributed by atoms with Gasteiger partial charge in [0.25, 0.3) is 0 Å². The van der Waals surface area contributed by atoms with E-state index in [-0.39, 0.29) is 22.4 Å². The van der Waals surface area contributed by atoms with Crippen LogP contribution in [-0.4, -0.2) is 19.2 Å². The van der Waals surface area contributed by atoms with Crippen molar-refractivity contribution in [1.29, 1.82) is 0 Å². The molecule has 0 aromatic rings. The summed E-state index contributed by atoms with van der Waals surface area (Å²) >= 11 is 0. The van der Waals surface area contributed by atoms with Crippen molar-refractivity contribution in [3.05, 3.63) is 0 Å². The van der Waals surface area contributed by atoms with Crippen LogP contribution in [0.15, 0.2) is 0 Å². The summed E-state index contributed by atoms with van der Waals surface area (Å²) in [6.45, 7) is 2.97. The predicted octanol–water partition coefficient (Wildman–Crippen LogP) is -0.450. The fraction of sp³-hybridized carbons (Fsp3) is 0.833. The third-order valence-corrected chi connectivity index (χ3v) is 0.827. The minimum atomic E-state index is -1.08. The van der Waals surface area contributed by atoms with Crippen LogP contribution in [-0.2, 0) is 31.9 Å². The van der Waals surface area contributed by atoms with Crippen LogP contribution in [0.1, 0.15) is 19.8 Å². The standard InChI is InChI=1S/C4H8O.C2H4O2.Ag/c1-2-4-5-3-1;1-2(3)4;/h1-4H2;1H3,(H,3,4);/q;;+1/p-1. The van der Waals surface area contributed by atoms with Gasteiger partial charge in [0.1, 0.15) is 0 Å². The van der Waals surface area contributed by atoms with Gasteiger partial charge < -0.3 is 14.6 Å². The van der Waals surface area contributed by atoms with Crippen molar-refractivity contribution in [1.82, 2.24) is 0 Å². The quantitative estimate of drug-likeness (QED) is 0.538. The van der Waals surface area contributed by atoms with Gasteiger partial charge in [0.05, 0.1) is 0 Å². The van der Waals surface area contributed by atoms with Crippen molar-refractivity contribution in [3.63, 3.8) is 0 Å². The molecule has 1 heterocycles. The van der Waals surface area contributed by atoms with E-state index < -0.39 is 5.97 Å². The molecule has 1 saturated heterocycles. The van der Waals surface area contributed by atoms with E-state index in [9.17, 15) is 0 Å². The van der Waals surface area contributed by atoms with E-state index in [0.717, 1.165) is 20.1 Å². The van der Waals surface area contributed by atoms with Crippen molar-refractivity contribution in [2.75, 3.05) is 13.2 Å². The summed E-state index contributed by atoms with van der Waals surface area (Å²) in [5.74, 6) is -1.08. The number of carboxylic acid groups (broad SMARTS) is 1. The summed E-state index contributed by atoms with van der Waals surface area (Å²) in [5, 5.41) is 8.89. The van der Waals surface area contributed by atoms with E-state index in [4.69, 9.17) is 14.6 Å². The summed E-state index contributed by atoms with van der Waals surface area (Å²) in [4.78, 5) is 8.89. The summed E-state index contributed by atoms with van der Waals surface area (Å²) in [7, 11) is 0. The fourth-order valence-electron chi connectivity index (χ4n) is 0.510. The first-order valence-corrected chi connectivity index (χ1v) is 2.99. The molecule has 64 valence electrons. The first-order valence-electron chi connectivity index (χ1n) is 2.99. The summed E-state index contributed by atoms with van der Waals surface area (Å²) in [6, 6.07) is 0. The van der Waals surface area contributed by atoms with Crippen molar-refractivity contribution >= 4 is 5.97 Å². The van der Waals surface area contributed by atoms with Gasteiger partial charge in [-0.1, -0.05) is 0 Å². The van der Waals surface area contributed by atoms with E-state index in [2.05, 4.69) is 0 Å². The maximum atomic E-state index is 8.89. The Morgan fingerprint density at radius 2 is 1.70 bits per heavy atom. The molecule has 4 heteroatoms. The van der Waals surface area contributed by atoms with E-state index in [1.807, 2.05) is 0 Å². The van der Waals surface area contributed by atoms with Crippen molar-refractivity contribution in [2.45, 2.75) is 19.8 Å². The smallest absolute Gasteiger partial charge is 0.550 e. The largest absolute Gasteiger partial charge is 1.00 e. The molecule has 0 aliphatic carbocycles. The third-order valence-electron chi connectivity index (χ3n) is 0.827. The molecule has 0 aromatic heterocycles. The van der Waals surface area contributed by atoms with Crippen LogP contribution in [0.3, 0.4) is 0 Å². The zero-order valence-corrected chi connectivity index (χ0v) is 7.34. The zero-order chi connectivity index (χ0) is 7.11. The Morgan fingerprint density at radius 3 is 1.80 bits per heavy atom. The molecular weight excluding hydrogens is 228 g/mol. The molecule has 1 rings (SSSR count). The topological polar surface area (TPSA) is 49.4 Å². The first kappa shape index (κ1) is 12.8. The molecule has 0 N–H and O–H groups in total. The maximum Gasteiger partial charge on any atom is 1.00 e. The van der Waals surface area contributed by atoms with E-state index in [1.54, 1.807) is 0 Å². The Labute approximate surface area is 76.3 Å². The Balaban J connectivity index is 0. The number of carbonyl (C=O) groups is 1. The molecule has 0 amide bonds. The molecule has 0 spiro atoms. The van der Waals surface area contributed by atoms with Crippen LogP contribution in [0.25, 0.3) is 0 Å². The minimum Gasteiger partial charge on any atom is -0.550 e. The van der Waals surface area contributed by atoms with Crippen molar-refractivity contribution < 1.29 is 37.0 Å². The number of carboxylic acids is 1. The molecule has 0 radical (unpaired) electrons. The van der Waals surface area contributed by atoms with Crippen LogP contribution in [0, 0.1) is 0 Å². The first-order chi connectivity index (χ1) is 4.23.